The third kappa shape index (κ3) is 2.68. The summed E-state index contributed by atoms with van der Waals surface area (Å²) in [6, 6.07) is 5.29. The Labute approximate surface area is 117 Å². The van der Waals surface area contributed by atoms with Crippen molar-refractivity contribution >= 4 is 15.7 Å². The quantitative estimate of drug-likeness (QED) is 0.799. The lowest BCUT2D eigenvalue weighted by Gasteiger charge is -2.09. The molecule has 2 rings (SSSR count). The van der Waals surface area contributed by atoms with Gasteiger partial charge in [0.25, 0.3) is 10.0 Å². The van der Waals surface area contributed by atoms with E-state index in [2.05, 4.69) is 14.9 Å². The first-order chi connectivity index (χ1) is 9.35. The Morgan fingerprint density at radius 2 is 1.95 bits per heavy atom. The molecule has 3 N–H and O–H groups in total. The molecule has 0 radical (unpaired) electrons. The van der Waals surface area contributed by atoms with Gasteiger partial charge in [-0.2, -0.15) is 13.5 Å². The summed E-state index contributed by atoms with van der Waals surface area (Å²) in [7, 11) is -3.82. The summed E-state index contributed by atoms with van der Waals surface area (Å²) in [6.07, 6.45) is 0. The van der Waals surface area contributed by atoms with Gasteiger partial charge in [-0.15, -0.1) is 0 Å². The molecule has 0 saturated heterocycles. The minimum Gasteiger partial charge on any atom is -0.392 e. The van der Waals surface area contributed by atoms with Crippen LogP contribution in [0.25, 0.3) is 0 Å². The number of hydrogen-bond donors (Lipinski definition) is 3. The van der Waals surface area contributed by atoms with Crippen LogP contribution in [0.4, 0.5) is 5.69 Å². The normalized spacial score (nSPS) is 11.6. The third-order valence-corrected chi connectivity index (χ3v) is 4.56. The molecular weight excluding hydrogens is 278 g/mol. The zero-order valence-corrected chi connectivity index (χ0v) is 12.4. The third-order valence-electron chi connectivity index (χ3n) is 3.21. The van der Waals surface area contributed by atoms with Gasteiger partial charge in [-0.3, -0.25) is 9.82 Å². The van der Waals surface area contributed by atoms with Gasteiger partial charge in [0.05, 0.1) is 6.61 Å². The van der Waals surface area contributed by atoms with E-state index < -0.39 is 10.0 Å². The fraction of sp³-hybridized carbons (Fsp3) is 0.308. The van der Waals surface area contributed by atoms with Crippen LogP contribution < -0.4 is 4.72 Å². The van der Waals surface area contributed by atoms with Gasteiger partial charge in [0.15, 0.2) is 0 Å². The largest absolute Gasteiger partial charge is 0.392 e. The number of aromatic nitrogens is 2. The summed E-state index contributed by atoms with van der Waals surface area (Å²) in [5, 5.41) is 15.4. The average molecular weight is 295 g/mol. The maximum Gasteiger partial charge on any atom is 0.281 e. The van der Waals surface area contributed by atoms with Crippen LogP contribution in [0.5, 0.6) is 0 Å². The van der Waals surface area contributed by atoms with Crippen molar-refractivity contribution in [1.82, 2.24) is 10.2 Å². The lowest BCUT2D eigenvalue weighted by atomic mass is 10.1. The van der Waals surface area contributed by atoms with Crippen LogP contribution in [-0.2, 0) is 16.6 Å². The zero-order valence-electron chi connectivity index (χ0n) is 11.6. The molecular formula is C13H17N3O3S. The second-order valence-electron chi connectivity index (χ2n) is 4.69. The minimum atomic E-state index is -3.82. The Bertz CT molecular complexity index is 735. The van der Waals surface area contributed by atoms with Crippen molar-refractivity contribution in [2.24, 2.45) is 0 Å². The fourth-order valence-electron chi connectivity index (χ4n) is 1.85. The number of hydrogen-bond acceptors (Lipinski definition) is 4. The Balaban J connectivity index is 2.38. The molecule has 7 heteroatoms. The predicted molar refractivity (Wildman–Crippen MR) is 76.0 cm³/mol. The van der Waals surface area contributed by atoms with Crippen molar-refractivity contribution < 1.29 is 13.5 Å². The first-order valence-corrected chi connectivity index (χ1v) is 7.58. The van der Waals surface area contributed by atoms with Crippen molar-refractivity contribution in [3.05, 3.63) is 40.6 Å². The standard InChI is InChI=1S/C13H17N3O3S/c1-8-4-5-11(6-9(8)2)16-20(18,19)13-12(7-17)10(3)14-15-13/h4-6,16-17H,7H2,1-3H3,(H,14,15). The summed E-state index contributed by atoms with van der Waals surface area (Å²) in [5.74, 6) is 0. The summed E-state index contributed by atoms with van der Waals surface area (Å²) in [6.45, 7) is 5.14. The van der Waals surface area contributed by atoms with E-state index in [1.807, 2.05) is 19.9 Å². The zero-order chi connectivity index (χ0) is 14.9. The molecule has 108 valence electrons. The monoisotopic (exact) mass is 295 g/mol. The van der Waals surface area contributed by atoms with Gasteiger partial charge in [-0.05, 0) is 44.0 Å². The number of aromatic amines is 1. The van der Waals surface area contributed by atoms with Crippen LogP contribution in [0.2, 0.25) is 0 Å². The topological polar surface area (TPSA) is 95.1 Å². The van der Waals surface area contributed by atoms with Gasteiger partial charge < -0.3 is 5.11 Å². The SMILES string of the molecule is Cc1ccc(NS(=O)(=O)c2n[nH]c(C)c2CO)cc1C. The fourth-order valence-corrected chi connectivity index (χ4v) is 3.09. The predicted octanol–water partition coefficient (Wildman–Crippen LogP) is 1.63. The molecule has 1 aromatic carbocycles. The number of rotatable bonds is 4. The molecule has 0 saturated carbocycles. The van der Waals surface area contributed by atoms with Crippen LogP contribution in [0.15, 0.2) is 23.2 Å². The summed E-state index contributed by atoms with van der Waals surface area (Å²) in [5.41, 5.74) is 3.36. The summed E-state index contributed by atoms with van der Waals surface area (Å²) >= 11 is 0. The second-order valence-corrected chi connectivity index (χ2v) is 6.29. The van der Waals surface area contributed by atoms with E-state index in [0.29, 0.717) is 11.4 Å². The second kappa shape index (κ2) is 5.26. The number of aliphatic hydroxyl groups is 1. The average Bonchev–Trinajstić information content (AvgIpc) is 2.75. The minimum absolute atomic E-state index is 0.171. The van der Waals surface area contributed by atoms with Gasteiger partial charge in [0.1, 0.15) is 0 Å². The number of H-pyrrole nitrogens is 1. The van der Waals surface area contributed by atoms with Crippen LogP contribution in [0.1, 0.15) is 22.4 Å². The van der Waals surface area contributed by atoms with Crippen LogP contribution in [-0.4, -0.2) is 23.7 Å². The maximum absolute atomic E-state index is 12.3. The number of nitrogens with one attached hydrogen (secondary N) is 2. The van der Waals surface area contributed by atoms with E-state index in [9.17, 15) is 13.5 Å². The van der Waals surface area contributed by atoms with Crippen LogP contribution in [0.3, 0.4) is 0 Å². The molecule has 6 nitrogen and oxygen atoms in total. The van der Waals surface area contributed by atoms with Gasteiger partial charge in [0.2, 0.25) is 5.03 Å². The number of sulfonamides is 1. The Hall–Kier alpha value is -1.86. The highest BCUT2D eigenvalue weighted by Crippen LogP contribution is 2.21. The molecule has 0 aliphatic heterocycles. The van der Waals surface area contributed by atoms with Crippen molar-refractivity contribution in [2.45, 2.75) is 32.4 Å². The van der Waals surface area contributed by atoms with Crippen molar-refractivity contribution in [1.29, 1.82) is 0 Å². The molecule has 0 unspecified atom stereocenters. The van der Waals surface area contributed by atoms with E-state index >= 15 is 0 Å². The van der Waals surface area contributed by atoms with Crippen molar-refractivity contribution in [3.8, 4) is 0 Å². The number of benzene rings is 1. The first kappa shape index (κ1) is 14.5. The van der Waals surface area contributed by atoms with Crippen LogP contribution >= 0.6 is 0 Å². The number of aliphatic hydroxyl groups excluding tert-OH is 1. The molecule has 1 heterocycles. The van der Waals surface area contributed by atoms with Crippen molar-refractivity contribution in [2.75, 3.05) is 4.72 Å². The van der Waals surface area contributed by atoms with Gasteiger partial charge in [-0.25, -0.2) is 0 Å². The molecule has 0 bridgehead atoms. The molecule has 1 aromatic heterocycles. The first-order valence-electron chi connectivity index (χ1n) is 6.10. The van der Waals surface area contributed by atoms with E-state index in [1.165, 1.54) is 0 Å². The molecule has 0 atom stereocenters. The Morgan fingerprint density at radius 1 is 1.25 bits per heavy atom. The van der Waals surface area contributed by atoms with Crippen LogP contribution in [0, 0.1) is 20.8 Å². The lowest BCUT2D eigenvalue weighted by Crippen LogP contribution is -2.15. The molecule has 0 aliphatic carbocycles. The van der Waals surface area contributed by atoms with E-state index in [4.69, 9.17) is 0 Å². The van der Waals surface area contributed by atoms with E-state index in [1.54, 1.807) is 19.1 Å². The maximum atomic E-state index is 12.3. The molecule has 0 fully saturated rings. The highest BCUT2D eigenvalue weighted by molar-refractivity contribution is 7.92. The van der Waals surface area contributed by atoms with E-state index in [-0.39, 0.29) is 17.2 Å². The van der Waals surface area contributed by atoms with Gasteiger partial charge >= 0.3 is 0 Å². The molecule has 0 spiro atoms. The molecule has 0 amide bonds. The van der Waals surface area contributed by atoms with Gasteiger partial charge in [0, 0.05) is 16.9 Å². The molecule has 0 aliphatic rings. The number of anilines is 1. The van der Waals surface area contributed by atoms with Gasteiger partial charge in [-0.1, -0.05) is 6.07 Å². The van der Waals surface area contributed by atoms with E-state index in [0.717, 1.165) is 11.1 Å². The Kier molecular flexibility index (Phi) is 3.82. The molecule has 2 aromatic rings. The number of nitrogens with zero attached hydrogens (tertiary/aromatic N) is 1. The highest BCUT2D eigenvalue weighted by atomic mass is 32.2. The molecule has 20 heavy (non-hydrogen) atoms. The number of aryl methyl sites for hydroxylation is 3. The van der Waals surface area contributed by atoms with Crippen molar-refractivity contribution in [3.63, 3.8) is 0 Å². The summed E-state index contributed by atoms with van der Waals surface area (Å²) < 4.78 is 27.0. The smallest absolute Gasteiger partial charge is 0.281 e. The lowest BCUT2D eigenvalue weighted by molar-refractivity contribution is 0.277. The highest BCUT2D eigenvalue weighted by Gasteiger charge is 2.23. The summed E-state index contributed by atoms with van der Waals surface area (Å²) in [4.78, 5) is 0. The Morgan fingerprint density at radius 3 is 2.55 bits per heavy atom.